The van der Waals surface area contributed by atoms with Crippen molar-refractivity contribution in [1.82, 2.24) is 0 Å². The molecule has 0 radical (unpaired) electrons. The maximum Gasteiger partial charge on any atom is 0.0122 e. The van der Waals surface area contributed by atoms with E-state index in [0.29, 0.717) is 0 Å². The van der Waals surface area contributed by atoms with E-state index in [-0.39, 0.29) is 0 Å². The van der Waals surface area contributed by atoms with Gasteiger partial charge in [0.05, 0.1) is 0 Å². The molecule has 0 aromatic heterocycles. The summed E-state index contributed by atoms with van der Waals surface area (Å²) in [6, 6.07) is 34.4. The summed E-state index contributed by atoms with van der Waals surface area (Å²) < 4.78 is 0. The van der Waals surface area contributed by atoms with Gasteiger partial charge in [-0.15, -0.1) is 0 Å². The van der Waals surface area contributed by atoms with Crippen molar-refractivity contribution in [3.63, 3.8) is 0 Å². The highest BCUT2D eigenvalue weighted by Crippen LogP contribution is 2.32. The predicted octanol–water partition coefficient (Wildman–Crippen LogP) is 6.66. The van der Waals surface area contributed by atoms with Gasteiger partial charge < -0.3 is 0 Å². The highest BCUT2D eigenvalue weighted by Gasteiger charge is 2.04. The molecule has 4 aromatic rings. The van der Waals surface area contributed by atoms with Gasteiger partial charge in [-0.05, 0) is 46.2 Å². The van der Waals surface area contributed by atoms with Crippen LogP contribution in [0.5, 0.6) is 0 Å². The predicted molar refractivity (Wildman–Crippen MR) is 99.9 cm³/mol. The molecule has 0 bridgehead atoms. The number of hydrogen-bond acceptors (Lipinski definition) is 1. The van der Waals surface area contributed by atoms with Crippen molar-refractivity contribution < 1.29 is 0 Å². The van der Waals surface area contributed by atoms with Crippen molar-refractivity contribution in [2.75, 3.05) is 0 Å². The Kier molecular flexibility index (Phi) is 3.87. The molecule has 0 nitrogen and oxygen atoms in total. The van der Waals surface area contributed by atoms with Crippen molar-refractivity contribution in [3.05, 3.63) is 97.1 Å². The highest BCUT2D eigenvalue weighted by molar-refractivity contribution is 7.99. The number of hydrogen-bond donors (Lipinski definition) is 0. The van der Waals surface area contributed by atoms with Gasteiger partial charge in [0.1, 0.15) is 0 Å². The first-order valence-electron chi connectivity index (χ1n) is 7.71. The second-order valence-corrected chi connectivity index (χ2v) is 6.61. The maximum atomic E-state index is 2.22. The number of rotatable bonds is 3. The molecular weight excluding hydrogens is 296 g/mol. The van der Waals surface area contributed by atoms with Gasteiger partial charge in [-0.1, -0.05) is 84.6 Å². The van der Waals surface area contributed by atoms with Crippen LogP contribution in [-0.4, -0.2) is 0 Å². The zero-order chi connectivity index (χ0) is 15.5. The van der Waals surface area contributed by atoms with Crippen LogP contribution in [0.4, 0.5) is 0 Å². The minimum Gasteiger partial charge on any atom is -0.0901 e. The van der Waals surface area contributed by atoms with Crippen molar-refractivity contribution >= 4 is 22.5 Å². The summed E-state index contributed by atoms with van der Waals surface area (Å²) in [6.07, 6.45) is 0. The fraction of sp³-hybridized carbons (Fsp3) is 0. The van der Waals surface area contributed by atoms with Gasteiger partial charge in [-0.25, -0.2) is 0 Å². The van der Waals surface area contributed by atoms with Crippen molar-refractivity contribution in [3.8, 4) is 11.1 Å². The first-order valence-corrected chi connectivity index (χ1v) is 8.53. The summed E-state index contributed by atoms with van der Waals surface area (Å²) in [5, 5.41) is 2.59. The standard InChI is InChI=1S/C22H16S/c1-2-9-19(10-3-1)23-20-15-13-18(14-16-20)22-12-6-8-17-7-4-5-11-21(17)22/h1-16H. The van der Waals surface area contributed by atoms with Crippen molar-refractivity contribution in [2.24, 2.45) is 0 Å². The molecule has 110 valence electrons. The van der Waals surface area contributed by atoms with Crippen molar-refractivity contribution in [1.29, 1.82) is 0 Å². The van der Waals surface area contributed by atoms with Gasteiger partial charge in [0.2, 0.25) is 0 Å². The van der Waals surface area contributed by atoms with E-state index in [2.05, 4.69) is 91.0 Å². The molecule has 4 rings (SSSR count). The van der Waals surface area contributed by atoms with E-state index in [9.17, 15) is 0 Å². The largest absolute Gasteiger partial charge is 0.0901 e. The minimum atomic E-state index is 1.26. The van der Waals surface area contributed by atoms with Gasteiger partial charge in [0, 0.05) is 9.79 Å². The van der Waals surface area contributed by atoms with Gasteiger partial charge in [-0.3, -0.25) is 0 Å². The molecule has 1 heteroatoms. The third kappa shape index (κ3) is 3.01. The van der Waals surface area contributed by atoms with Gasteiger partial charge >= 0.3 is 0 Å². The van der Waals surface area contributed by atoms with Crippen LogP contribution in [0.25, 0.3) is 21.9 Å². The lowest BCUT2D eigenvalue weighted by Crippen LogP contribution is -1.81. The Hall–Kier alpha value is -2.51. The Morgan fingerprint density at radius 3 is 1.96 bits per heavy atom. The topological polar surface area (TPSA) is 0 Å². The third-order valence-electron chi connectivity index (χ3n) is 3.93. The molecule has 0 fully saturated rings. The second kappa shape index (κ2) is 6.31. The van der Waals surface area contributed by atoms with E-state index in [1.807, 2.05) is 6.07 Å². The zero-order valence-electron chi connectivity index (χ0n) is 12.6. The summed E-state index contributed by atoms with van der Waals surface area (Å²) in [6.45, 7) is 0. The molecular formula is C22H16S. The zero-order valence-corrected chi connectivity index (χ0v) is 13.5. The molecule has 0 saturated carbocycles. The second-order valence-electron chi connectivity index (χ2n) is 5.47. The Labute approximate surface area is 140 Å². The average molecular weight is 312 g/mol. The van der Waals surface area contributed by atoms with Crippen LogP contribution in [0.2, 0.25) is 0 Å². The Morgan fingerprint density at radius 1 is 0.478 bits per heavy atom. The fourth-order valence-corrected chi connectivity index (χ4v) is 3.64. The molecule has 0 saturated heterocycles. The van der Waals surface area contributed by atoms with Crippen molar-refractivity contribution in [2.45, 2.75) is 9.79 Å². The normalized spacial score (nSPS) is 10.8. The van der Waals surface area contributed by atoms with E-state index in [4.69, 9.17) is 0 Å². The lowest BCUT2D eigenvalue weighted by atomic mass is 9.98. The molecule has 4 aromatic carbocycles. The van der Waals surface area contributed by atoms with Gasteiger partial charge in [0.15, 0.2) is 0 Å². The van der Waals surface area contributed by atoms with Gasteiger partial charge in [0.25, 0.3) is 0 Å². The molecule has 0 amide bonds. The van der Waals surface area contributed by atoms with Crippen LogP contribution in [0.15, 0.2) is 107 Å². The van der Waals surface area contributed by atoms with E-state index in [1.165, 1.54) is 31.7 Å². The van der Waals surface area contributed by atoms with E-state index in [1.54, 1.807) is 11.8 Å². The monoisotopic (exact) mass is 312 g/mol. The van der Waals surface area contributed by atoms with Gasteiger partial charge in [-0.2, -0.15) is 0 Å². The average Bonchev–Trinajstić information content (AvgIpc) is 2.63. The molecule has 0 N–H and O–H groups in total. The maximum absolute atomic E-state index is 2.22. The van der Waals surface area contributed by atoms with Crippen LogP contribution >= 0.6 is 11.8 Å². The van der Waals surface area contributed by atoms with Crippen LogP contribution in [-0.2, 0) is 0 Å². The van der Waals surface area contributed by atoms with Crippen LogP contribution in [0.3, 0.4) is 0 Å². The summed E-state index contributed by atoms with van der Waals surface area (Å²) in [7, 11) is 0. The quantitative estimate of drug-likeness (QED) is 0.407. The summed E-state index contributed by atoms with van der Waals surface area (Å²) in [5.41, 5.74) is 2.55. The summed E-state index contributed by atoms with van der Waals surface area (Å²) in [5.74, 6) is 0. The molecule has 0 unspecified atom stereocenters. The molecule has 0 atom stereocenters. The fourth-order valence-electron chi connectivity index (χ4n) is 2.80. The third-order valence-corrected chi connectivity index (χ3v) is 4.95. The van der Waals surface area contributed by atoms with E-state index in [0.717, 1.165) is 0 Å². The highest BCUT2D eigenvalue weighted by atomic mass is 32.2. The molecule has 0 aliphatic rings. The lowest BCUT2D eigenvalue weighted by Gasteiger charge is -2.08. The first kappa shape index (κ1) is 14.1. The smallest absolute Gasteiger partial charge is 0.0122 e. The Bertz CT molecular complexity index is 919. The molecule has 23 heavy (non-hydrogen) atoms. The number of fused-ring (bicyclic) bond motifs is 1. The van der Waals surface area contributed by atoms with E-state index < -0.39 is 0 Å². The SMILES string of the molecule is c1ccc(Sc2ccc(-c3cccc4ccccc34)cc2)cc1. The van der Waals surface area contributed by atoms with Crippen LogP contribution in [0, 0.1) is 0 Å². The summed E-state index contributed by atoms with van der Waals surface area (Å²) in [4.78, 5) is 2.53. The Balaban J connectivity index is 1.68. The molecule has 0 heterocycles. The molecule has 0 aliphatic carbocycles. The molecule has 0 aliphatic heterocycles. The lowest BCUT2D eigenvalue weighted by molar-refractivity contribution is 1.41. The first-order chi connectivity index (χ1) is 11.4. The van der Waals surface area contributed by atoms with E-state index >= 15 is 0 Å². The summed E-state index contributed by atoms with van der Waals surface area (Å²) >= 11 is 1.80. The van der Waals surface area contributed by atoms with Crippen LogP contribution < -0.4 is 0 Å². The number of benzene rings is 4. The minimum absolute atomic E-state index is 1.26. The Morgan fingerprint density at radius 2 is 1.13 bits per heavy atom. The molecule has 0 spiro atoms. The van der Waals surface area contributed by atoms with Crippen LogP contribution in [0.1, 0.15) is 0 Å².